The molecule has 0 aromatic rings. The van der Waals surface area contributed by atoms with Crippen molar-refractivity contribution in [3.63, 3.8) is 0 Å². The number of carbonyl (C=O) groups is 5. The van der Waals surface area contributed by atoms with Crippen molar-refractivity contribution in [2.75, 3.05) is 57.3 Å². The number of carboxylic acid groups (broad SMARTS) is 1. The van der Waals surface area contributed by atoms with Gasteiger partial charge in [0.05, 0.1) is 12.3 Å². The summed E-state index contributed by atoms with van der Waals surface area (Å²) in [5.41, 5.74) is 5.63. The van der Waals surface area contributed by atoms with Crippen molar-refractivity contribution in [2.45, 2.75) is 84.1 Å². The van der Waals surface area contributed by atoms with Gasteiger partial charge in [0.15, 0.2) is 0 Å². The van der Waals surface area contributed by atoms with Crippen molar-refractivity contribution in [2.24, 2.45) is 11.7 Å². The highest BCUT2D eigenvalue weighted by atomic mass is 32.2. The van der Waals surface area contributed by atoms with E-state index in [0.717, 1.165) is 51.4 Å². The Morgan fingerprint density at radius 2 is 1.37 bits per heavy atom. The van der Waals surface area contributed by atoms with Gasteiger partial charge in [-0.3, -0.25) is 24.0 Å². The number of nitrogens with one attached hydrogen (secondary N) is 5. The van der Waals surface area contributed by atoms with Crippen molar-refractivity contribution in [1.82, 2.24) is 26.6 Å². The van der Waals surface area contributed by atoms with Gasteiger partial charge in [0.1, 0.15) is 11.8 Å². The van der Waals surface area contributed by atoms with Gasteiger partial charge in [-0.1, -0.05) is 45.4 Å². The minimum Gasteiger partial charge on any atom is -0.481 e. The molecule has 12 nitrogen and oxygen atoms in total. The molecule has 3 amide bonds. The number of hydrogen-bond acceptors (Lipinski definition) is 9. The van der Waals surface area contributed by atoms with E-state index in [0.29, 0.717) is 50.7 Å². The standard InChI is InChI=1S/C28H54N6O6S/c1-22(20-41-21-23(2)35)27(39)33-18-17-30-15-16-31-19-25(36)34-24(12-13-29)28(40)32-14-10-8-6-4-3-5-7-9-11-26(37)38/h22,24,30-31H,3-21,29H2,1-2H3,(H,32,40)(H,33,39)(H,34,36)(H,37,38)/t22-,24-/m0/s1. The second-order valence-electron chi connectivity index (χ2n) is 10.3. The lowest BCUT2D eigenvalue weighted by Gasteiger charge is -2.18. The Kier molecular flexibility index (Phi) is 25.2. The van der Waals surface area contributed by atoms with Gasteiger partial charge >= 0.3 is 5.97 Å². The Bertz CT molecular complexity index is 758. The third-order valence-corrected chi connectivity index (χ3v) is 7.56. The summed E-state index contributed by atoms with van der Waals surface area (Å²) in [6.45, 7) is 6.55. The Hall–Kier alpha value is -2.22. The maximum atomic E-state index is 12.5. The Morgan fingerprint density at radius 1 is 0.780 bits per heavy atom. The Morgan fingerprint density at radius 3 is 2.00 bits per heavy atom. The molecule has 0 bridgehead atoms. The van der Waals surface area contributed by atoms with E-state index in [1.54, 1.807) is 0 Å². The molecule has 0 unspecified atom stereocenters. The summed E-state index contributed by atoms with van der Waals surface area (Å²) < 4.78 is 0. The molecule has 8 N–H and O–H groups in total. The van der Waals surface area contributed by atoms with Crippen molar-refractivity contribution in [1.29, 1.82) is 0 Å². The highest BCUT2D eigenvalue weighted by molar-refractivity contribution is 7.99. The van der Waals surface area contributed by atoms with E-state index in [-0.39, 0.29) is 48.9 Å². The average Bonchev–Trinajstić information content (AvgIpc) is 2.92. The van der Waals surface area contributed by atoms with Crippen molar-refractivity contribution < 1.29 is 29.1 Å². The fourth-order valence-corrected chi connectivity index (χ4v) is 4.79. The smallest absolute Gasteiger partial charge is 0.303 e. The molecule has 0 saturated carbocycles. The van der Waals surface area contributed by atoms with Crippen LogP contribution in [0.25, 0.3) is 0 Å². The van der Waals surface area contributed by atoms with Gasteiger partial charge in [0.2, 0.25) is 17.7 Å². The van der Waals surface area contributed by atoms with Crippen LogP contribution in [0.1, 0.15) is 78.1 Å². The molecule has 0 spiro atoms. The zero-order chi connectivity index (χ0) is 30.7. The number of amides is 3. The molecule has 13 heteroatoms. The lowest BCUT2D eigenvalue weighted by atomic mass is 10.1. The minimum absolute atomic E-state index is 0.0352. The van der Waals surface area contributed by atoms with Crippen LogP contribution >= 0.6 is 11.8 Å². The maximum Gasteiger partial charge on any atom is 0.303 e. The Balaban J connectivity index is 3.84. The topological polar surface area (TPSA) is 192 Å². The normalized spacial score (nSPS) is 12.4. The molecule has 0 heterocycles. The number of nitrogens with two attached hydrogens (primary N) is 1. The molecule has 238 valence electrons. The zero-order valence-electron chi connectivity index (χ0n) is 25.1. The zero-order valence-corrected chi connectivity index (χ0v) is 25.9. The summed E-state index contributed by atoms with van der Waals surface area (Å²) in [5.74, 6) is -0.284. The van der Waals surface area contributed by atoms with Crippen LogP contribution in [0.15, 0.2) is 0 Å². The first kappa shape index (κ1) is 38.8. The SMILES string of the molecule is CC(=O)CSC[C@H](C)C(=O)NCCNCCNCC(=O)N[C@@H](CCN)C(=O)NCCCCCCCCCCC(=O)O. The van der Waals surface area contributed by atoms with Crippen LogP contribution in [0.2, 0.25) is 0 Å². The number of aliphatic carboxylic acids is 1. The molecule has 0 aromatic heterocycles. The number of unbranched alkanes of at least 4 members (excludes halogenated alkanes) is 7. The molecule has 0 saturated heterocycles. The van der Waals surface area contributed by atoms with Crippen LogP contribution in [-0.4, -0.2) is 97.9 Å². The quantitative estimate of drug-likeness (QED) is 0.0630. The van der Waals surface area contributed by atoms with Crippen molar-refractivity contribution in [3.05, 3.63) is 0 Å². The summed E-state index contributed by atoms with van der Waals surface area (Å²) >= 11 is 1.46. The van der Waals surface area contributed by atoms with Crippen LogP contribution in [0.3, 0.4) is 0 Å². The highest BCUT2D eigenvalue weighted by Crippen LogP contribution is 2.10. The predicted molar refractivity (Wildman–Crippen MR) is 164 cm³/mol. The van der Waals surface area contributed by atoms with E-state index in [1.165, 1.54) is 18.7 Å². The fraction of sp³-hybridized carbons (Fsp3) is 0.821. The van der Waals surface area contributed by atoms with Crippen molar-refractivity contribution >= 4 is 41.2 Å². The number of carbonyl (C=O) groups excluding carboxylic acids is 4. The van der Waals surface area contributed by atoms with E-state index in [1.807, 2.05) is 6.92 Å². The van der Waals surface area contributed by atoms with Gasteiger partial charge in [0.25, 0.3) is 0 Å². The molecule has 0 aliphatic heterocycles. The summed E-state index contributed by atoms with van der Waals surface area (Å²) in [6.07, 6.45) is 8.51. The second-order valence-corrected chi connectivity index (χ2v) is 11.3. The van der Waals surface area contributed by atoms with Gasteiger partial charge in [-0.05, 0) is 32.7 Å². The van der Waals surface area contributed by atoms with E-state index in [2.05, 4.69) is 26.6 Å². The number of thioether (sulfide) groups is 1. The molecule has 0 fully saturated rings. The largest absolute Gasteiger partial charge is 0.481 e. The summed E-state index contributed by atoms with van der Waals surface area (Å²) in [7, 11) is 0. The highest BCUT2D eigenvalue weighted by Gasteiger charge is 2.19. The molecule has 2 atom stereocenters. The lowest BCUT2D eigenvalue weighted by Crippen LogP contribution is -2.50. The molecule has 0 aliphatic carbocycles. The van der Waals surface area contributed by atoms with E-state index < -0.39 is 12.0 Å². The molecular formula is C28H54N6O6S. The van der Waals surface area contributed by atoms with E-state index >= 15 is 0 Å². The van der Waals surface area contributed by atoms with Crippen LogP contribution in [-0.2, 0) is 24.0 Å². The van der Waals surface area contributed by atoms with E-state index in [4.69, 9.17) is 10.8 Å². The van der Waals surface area contributed by atoms with Crippen molar-refractivity contribution in [3.8, 4) is 0 Å². The molecule has 41 heavy (non-hydrogen) atoms. The van der Waals surface area contributed by atoms with Crippen LogP contribution in [0.5, 0.6) is 0 Å². The summed E-state index contributed by atoms with van der Waals surface area (Å²) in [4.78, 5) is 58.3. The molecular weight excluding hydrogens is 548 g/mol. The van der Waals surface area contributed by atoms with Gasteiger partial charge in [-0.15, -0.1) is 0 Å². The predicted octanol–water partition coefficient (Wildman–Crippen LogP) is 0.785. The third kappa shape index (κ3) is 25.2. The molecule has 0 aromatic carbocycles. The monoisotopic (exact) mass is 602 g/mol. The van der Waals surface area contributed by atoms with Crippen LogP contribution in [0, 0.1) is 5.92 Å². The van der Waals surface area contributed by atoms with Crippen LogP contribution < -0.4 is 32.3 Å². The second kappa shape index (κ2) is 26.7. The third-order valence-electron chi connectivity index (χ3n) is 6.21. The van der Waals surface area contributed by atoms with Gasteiger partial charge < -0.3 is 37.4 Å². The van der Waals surface area contributed by atoms with E-state index in [9.17, 15) is 24.0 Å². The number of hydrogen-bond donors (Lipinski definition) is 7. The first-order valence-electron chi connectivity index (χ1n) is 14.9. The first-order valence-corrected chi connectivity index (χ1v) is 16.1. The van der Waals surface area contributed by atoms with Gasteiger partial charge in [0, 0.05) is 50.8 Å². The number of carboxylic acids is 1. The average molecular weight is 603 g/mol. The van der Waals surface area contributed by atoms with Crippen LogP contribution in [0.4, 0.5) is 0 Å². The summed E-state index contributed by atoms with van der Waals surface area (Å²) in [6, 6.07) is -0.662. The molecule has 0 aliphatic rings. The molecule has 0 rings (SSSR count). The summed E-state index contributed by atoms with van der Waals surface area (Å²) in [5, 5.41) is 23.3. The maximum absolute atomic E-state index is 12.5. The van der Waals surface area contributed by atoms with Gasteiger partial charge in [-0.2, -0.15) is 11.8 Å². The number of Topliss-reactive ketones (excluding diaryl/α,β-unsaturated/α-hetero) is 1. The fourth-order valence-electron chi connectivity index (χ4n) is 3.88. The minimum atomic E-state index is -0.734. The molecule has 0 radical (unpaired) electrons. The number of ketones is 1. The Labute approximate surface area is 249 Å². The first-order chi connectivity index (χ1) is 19.7. The van der Waals surface area contributed by atoms with Gasteiger partial charge in [-0.25, -0.2) is 0 Å². The lowest BCUT2D eigenvalue weighted by molar-refractivity contribution is -0.137. The number of rotatable bonds is 28.